The van der Waals surface area contributed by atoms with Crippen molar-refractivity contribution in [2.75, 3.05) is 25.9 Å². The quantitative estimate of drug-likeness (QED) is 0.786. The largest absolute Gasteiger partial charge is 0.480 e. The van der Waals surface area contributed by atoms with Crippen LogP contribution in [0.15, 0.2) is 29.2 Å². The van der Waals surface area contributed by atoms with Crippen LogP contribution in [0.5, 0.6) is 0 Å². The monoisotopic (exact) mass is 312 g/mol. The maximum Gasteiger partial charge on any atom is 0.327 e. The van der Waals surface area contributed by atoms with Crippen LogP contribution >= 0.6 is 0 Å². The van der Waals surface area contributed by atoms with Gasteiger partial charge in [-0.2, -0.15) is 0 Å². The molecule has 7 nitrogen and oxygen atoms in total. The van der Waals surface area contributed by atoms with Gasteiger partial charge >= 0.3 is 5.97 Å². The van der Waals surface area contributed by atoms with Crippen molar-refractivity contribution in [3.8, 4) is 0 Å². The molecule has 0 saturated carbocycles. The van der Waals surface area contributed by atoms with Gasteiger partial charge in [0.1, 0.15) is 6.04 Å². The van der Waals surface area contributed by atoms with Gasteiger partial charge in [0.25, 0.3) is 5.91 Å². The summed E-state index contributed by atoms with van der Waals surface area (Å²) in [6.07, 6.45) is 1.08. The molecule has 0 aliphatic carbocycles. The number of amides is 1. The molecular formula is C13H16N2O5S. The van der Waals surface area contributed by atoms with Crippen molar-refractivity contribution in [1.82, 2.24) is 10.2 Å². The van der Waals surface area contributed by atoms with Crippen LogP contribution < -0.4 is 5.32 Å². The van der Waals surface area contributed by atoms with Crippen LogP contribution in [0.25, 0.3) is 0 Å². The Bertz CT molecular complexity index is 654. The molecule has 1 aliphatic rings. The second-order valence-corrected chi connectivity index (χ2v) is 6.87. The number of nitrogens with one attached hydrogen (secondary N) is 1. The summed E-state index contributed by atoms with van der Waals surface area (Å²) in [5, 5.41) is 12.1. The lowest BCUT2D eigenvalue weighted by molar-refractivity contribution is -0.142. The van der Waals surface area contributed by atoms with Gasteiger partial charge in [-0.25, -0.2) is 13.2 Å². The molecule has 8 heteroatoms. The smallest absolute Gasteiger partial charge is 0.327 e. The first-order valence-corrected chi connectivity index (χ1v) is 8.24. The fraction of sp³-hybridized carbons (Fsp3) is 0.385. The Morgan fingerprint density at radius 3 is 2.43 bits per heavy atom. The highest BCUT2D eigenvalue weighted by atomic mass is 32.2. The molecule has 1 aromatic rings. The Balaban J connectivity index is 2.24. The fourth-order valence-electron chi connectivity index (χ4n) is 2.18. The molecule has 1 aromatic carbocycles. The summed E-state index contributed by atoms with van der Waals surface area (Å²) in [4.78, 5) is 24.9. The molecule has 0 spiro atoms. The minimum Gasteiger partial charge on any atom is -0.480 e. The van der Waals surface area contributed by atoms with Gasteiger partial charge in [0.05, 0.1) is 4.90 Å². The zero-order valence-electron chi connectivity index (χ0n) is 11.4. The Kier molecular flexibility index (Phi) is 4.29. The topological polar surface area (TPSA) is 104 Å². The number of carboxylic acid groups (broad SMARTS) is 1. The van der Waals surface area contributed by atoms with Crippen molar-refractivity contribution in [3.05, 3.63) is 29.8 Å². The van der Waals surface area contributed by atoms with Gasteiger partial charge in [-0.1, -0.05) is 0 Å². The number of hydrogen-bond acceptors (Lipinski definition) is 5. The molecule has 1 amide bonds. The number of carbonyl (C=O) groups is 2. The third-order valence-electron chi connectivity index (χ3n) is 3.32. The van der Waals surface area contributed by atoms with Gasteiger partial charge in [0, 0.05) is 31.5 Å². The molecular weight excluding hydrogens is 296 g/mol. The van der Waals surface area contributed by atoms with E-state index in [1.54, 1.807) is 0 Å². The molecule has 1 atom stereocenters. The summed E-state index contributed by atoms with van der Waals surface area (Å²) in [5.74, 6) is -1.48. The van der Waals surface area contributed by atoms with Crippen LogP contribution in [0, 0.1) is 0 Å². The molecule has 1 heterocycles. The number of piperazine rings is 1. The number of rotatable bonds is 3. The Labute approximate surface area is 122 Å². The van der Waals surface area contributed by atoms with Crippen LogP contribution in [0.3, 0.4) is 0 Å². The zero-order valence-corrected chi connectivity index (χ0v) is 12.3. The van der Waals surface area contributed by atoms with Crippen LogP contribution in [0.1, 0.15) is 10.4 Å². The lowest BCUT2D eigenvalue weighted by atomic mass is 10.1. The number of carbonyl (C=O) groups excluding carboxylic acids is 1. The predicted molar refractivity (Wildman–Crippen MR) is 74.9 cm³/mol. The number of hydrogen-bond donors (Lipinski definition) is 2. The summed E-state index contributed by atoms with van der Waals surface area (Å²) >= 11 is 0. The molecule has 0 radical (unpaired) electrons. The highest BCUT2D eigenvalue weighted by molar-refractivity contribution is 7.90. The average Bonchev–Trinajstić information content (AvgIpc) is 2.45. The Morgan fingerprint density at radius 1 is 1.29 bits per heavy atom. The first-order chi connectivity index (χ1) is 9.80. The van der Waals surface area contributed by atoms with E-state index < -0.39 is 27.8 Å². The third-order valence-corrected chi connectivity index (χ3v) is 4.45. The summed E-state index contributed by atoms with van der Waals surface area (Å²) < 4.78 is 22.8. The first kappa shape index (κ1) is 15.5. The number of sulfone groups is 1. The molecule has 1 fully saturated rings. The van der Waals surface area contributed by atoms with E-state index in [-0.39, 0.29) is 17.0 Å². The van der Waals surface area contributed by atoms with Crippen LogP contribution in [-0.4, -0.2) is 62.2 Å². The zero-order chi connectivity index (χ0) is 15.6. The lowest BCUT2D eigenvalue weighted by Crippen LogP contribution is -2.56. The molecule has 0 bridgehead atoms. The second kappa shape index (κ2) is 5.82. The summed E-state index contributed by atoms with van der Waals surface area (Å²) in [5.41, 5.74) is 0.274. The highest BCUT2D eigenvalue weighted by Gasteiger charge is 2.32. The SMILES string of the molecule is CS(=O)(=O)c1ccc(C(=O)N2CCNCC2C(=O)O)cc1. The molecule has 2 rings (SSSR count). The highest BCUT2D eigenvalue weighted by Crippen LogP contribution is 2.14. The maximum atomic E-state index is 12.4. The van der Waals surface area contributed by atoms with Crippen LogP contribution in [0.2, 0.25) is 0 Å². The van der Waals surface area contributed by atoms with Gasteiger partial charge in [-0.15, -0.1) is 0 Å². The summed E-state index contributed by atoms with van der Waals surface area (Å²) in [6.45, 7) is 1.02. The minimum absolute atomic E-state index is 0.120. The van der Waals surface area contributed by atoms with Crippen molar-refractivity contribution in [3.63, 3.8) is 0 Å². The Morgan fingerprint density at radius 2 is 1.90 bits per heavy atom. The van der Waals surface area contributed by atoms with Gasteiger partial charge in [0.15, 0.2) is 9.84 Å². The van der Waals surface area contributed by atoms with E-state index in [9.17, 15) is 18.0 Å². The van der Waals surface area contributed by atoms with E-state index in [0.29, 0.717) is 13.1 Å². The minimum atomic E-state index is -3.32. The van der Waals surface area contributed by atoms with Crippen molar-refractivity contribution in [2.45, 2.75) is 10.9 Å². The average molecular weight is 312 g/mol. The lowest BCUT2D eigenvalue weighted by Gasteiger charge is -2.33. The molecule has 1 aliphatic heterocycles. The molecule has 2 N–H and O–H groups in total. The molecule has 1 unspecified atom stereocenters. The van der Waals surface area contributed by atoms with Crippen LogP contribution in [0.4, 0.5) is 0 Å². The van der Waals surface area contributed by atoms with Gasteiger partial charge in [-0.3, -0.25) is 4.79 Å². The van der Waals surface area contributed by atoms with Gasteiger partial charge < -0.3 is 15.3 Å². The van der Waals surface area contributed by atoms with Gasteiger partial charge in [0.2, 0.25) is 0 Å². The fourth-order valence-corrected chi connectivity index (χ4v) is 2.81. The van der Waals surface area contributed by atoms with Crippen molar-refractivity contribution < 1.29 is 23.1 Å². The number of nitrogens with zero attached hydrogens (tertiary/aromatic N) is 1. The molecule has 21 heavy (non-hydrogen) atoms. The van der Waals surface area contributed by atoms with E-state index in [1.807, 2.05) is 0 Å². The predicted octanol–water partition coefficient (Wildman–Crippen LogP) is -0.411. The molecule has 1 saturated heterocycles. The number of benzene rings is 1. The summed E-state index contributed by atoms with van der Waals surface area (Å²) in [6, 6.07) is 4.58. The van der Waals surface area contributed by atoms with Gasteiger partial charge in [-0.05, 0) is 24.3 Å². The van der Waals surface area contributed by atoms with E-state index in [2.05, 4.69) is 5.32 Å². The van der Waals surface area contributed by atoms with E-state index in [4.69, 9.17) is 5.11 Å². The number of aliphatic carboxylic acids is 1. The normalized spacial score (nSPS) is 19.3. The van der Waals surface area contributed by atoms with E-state index >= 15 is 0 Å². The van der Waals surface area contributed by atoms with E-state index in [1.165, 1.54) is 29.2 Å². The van der Waals surface area contributed by atoms with Crippen molar-refractivity contribution in [2.24, 2.45) is 0 Å². The summed E-state index contributed by atoms with van der Waals surface area (Å²) in [7, 11) is -3.32. The molecule has 114 valence electrons. The third kappa shape index (κ3) is 3.40. The number of carboxylic acids is 1. The van der Waals surface area contributed by atoms with Crippen LogP contribution in [-0.2, 0) is 14.6 Å². The van der Waals surface area contributed by atoms with Crippen molar-refractivity contribution >= 4 is 21.7 Å². The van der Waals surface area contributed by atoms with Crippen molar-refractivity contribution in [1.29, 1.82) is 0 Å². The standard InChI is InChI=1S/C13H16N2O5S/c1-21(19,20)10-4-2-9(3-5-10)12(16)15-7-6-14-8-11(15)13(17)18/h2-5,11,14H,6-8H2,1H3,(H,17,18). The van der Waals surface area contributed by atoms with E-state index in [0.717, 1.165) is 6.26 Å². The second-order valence-electron chi connectivity index (χ2n) is 4.85. The molecule has 0 aromatic heterocycles. The maximum absolute atomic E-state index is 12.4. The Hall–Kier alpha value is -1.93. The first-order valence-electron chi connectivity index (χ1n) is 6.35.